The number of carboxylic acids is 1. The lowest BCUT2D eigenvalue weighted by molar-refractivity contribution is -0.146. The fourth-order valence-corrected chi connectivity index (χ4v) is 1.57. The number of carboxylic acid groups (broad SMARTS) is 1. The molecule has 0 heterocycles. The maximum absolute atomic E-state index is 12.6. The Labute approximate surface area is 99.3 Å². The second kappa shape index (κ2) is 4.82. The molecule has 0 radical (unpaired) electrons. The van der Waals surface area contributed by atoms with Crippen LogP contribution in [0.3, 0.4) is 0 Å². The zero-order valence-electron chi connectivity index (χ0n) is 10.1. The van der Waals surface area contributed by atoms with Crippen LogP contribution in [0.25, 0.3) is 0 Å². The van der Waals surface area contributed by atoms with Crippen LogP contribution >= 0.6 is 0 Å². The quantitative estimate of drug-likeness (QED) is 0.876. The Hall–Kier alpha value is -1.45. The van der Waals surface area contributed by atoms with Crippen molar-refractivity contribution in [3.63, 3.8) is 0 Å². The van der Waals surface area contributed by atoms with Crippen LogP contribution in [0.2, 0.25) is 0 Å². The first kappa shape index (κ1) is 13.6. The van der Waals surface area contributed by atoms with E-state index in [4.69, 9.17) is 5.11 Å². The molecule has 0 saturated heterocycles. The number of rotatable bonds is 4. The average Bonchev–Trinajstić information content (AvgIpc) is 2.20. The molecule has 0 aliphatic carbocycles. The van der Waals surface area contributed by atoms with Gasteiger partial charge in [0.1, 0.15) is 0 Å². The van der Waals surface area contributed by atoms with E-state index in [1.165, 1.54) is 12.1 Å². The van der Waals surface area contributed by atoms with Crippen LogP contribution in [0.4, 0.5) is 8.78 Å². The van der Waals surface area contributed by atoms with Gasteiger partial charge in [0, 0.05) is 5.56 Å². The largest absolute Gasteiger partial charge is 0.481 e. The van der Waals surface area contributed by atoms with Gasteiger partial charge in [0.2, 0.25) is 0 Å². The van der Waals surface area contributed by atoms with Gasteiger partial charge in [-0.05, 0) is 44.4 Å². The summed E-state index contributed by atoms with van der Waals surface area (Å²) < 4.78 is 25.1. The average molecular weight is 242 g/mol. The van der Waals surface area contributed by atoms with E-state index in [2.05, 4.69) is 0 Å². The van der Waals surface area contributed by atoms with Crippen LogP contribution in [0, 0.1) is 12.3 Å². The molecule has 1 aromatic rings. The molecule has 0 spiro atoms. The number of aryl methyl sites for hydroxylation is 1. The first-order valence-electron chi connectivity index (χ1n) is 5.35. The van der Waals surface area contributed by atoms with E-state index in [-0.39, 0.29) is 12.0 Å². The van der Waals surface area contributed by atoms with E-state index < -0.39 is 17.8 Å². The summed E-state index contributed by atoms with van der Waals surface area (Å²) >= 11 is 0. The number of alkyl halides is 2. The number of hydrogen-bond donors (Lipinski definition) is 1. The third kappa shape index (κ3) is 3.25. The van der Waals surface area contributed by atoms with Gasteiger partial charge < -0.3 is 5.11 Å². The van der Waals surface area contributed by atoms with Gasteiger partial charge >= 0.3 is 5.97 Å². The second-order valence-electron chi connectivity index (χ2n) is 4.85. The zero-order valence-corrected chi connectivity index (χ0v) is 10.1. The minimum atomic E-state index is -2.53. The Bertz CT molecular complexity index is 425. The highest BCUT2D eigenvalue weighted by molar-refractivity contribution is 5.74. The van der Waals surface area contributed by atoms with Crippen LogP contribution in [-0.2, 0) is 11.2 Å². The fourth-order valence-electron chi connectivity index (χ4n) is 1.57. The molecule has 2 nitrogen and oxygen atoms in total. The third-order valence-electron chi connectivity index (χ3n) is 2.84. The van der Waals surface area contributed by atoms with E-state index >= 15 is 0 Å². The van der Waals surface area contributed by atoms with E-state index in [1.54, 1.807) is 26.8 Å². The minimum absolute atomic E-state index is 0.0632. The van der Waals surface area contributed by atoms with Crippen molar-refractivity contribution in [2.45, 2.75) is 33.6 Å². The van der Waals surface area contributed by atoms with Crippen molar-refractivity contribution in [2.24, 2.45) is 5.41 Å². The highest BCUT2D eigenvalue weighted by Crippen LogP contribution is 2.27. The Balaban J connectivity index is 3.05. The Morgan fingerprint density at radius 1 is 1.41 bits per heavy atom. The van der Waals surface area contributed by atoms with Crippen molar-refractivity contribution in [1.82, 2.24) is 0 Å². The molecule has 0 unspecified atom stereocenters. The summed E-state index contributed by atoms with van der Waals surface area (Å²) in [4.78, 5) is 11.0. The molecule has 1 aromatic carbocycles. The number of hydrogen-bond acceptors (Lipinski definition) is 1. The summed E-state index contributed by atoms with van der Waals surface area (Å²) in [5.74, 6) is -0.931. The second-order valence-corrected chi connectivity index (χ2v) is 4.85. The minimum Gasteiger partial charge on any atom is -0.481 e. The molecule has 17 heavy (non-hydrogen) atoms. The molecule has 0 amide bonds. The molecule has 1 rings (SSSR count). The van der Waals surface area contributed by atoms with Crippen LogP contribution in [-0.4, -0.2) is 11.1 Å². The maximum atomic E-state index is 12.6. The topological polar surface area (TPSA) is 37.3 Å². The predicted molar refractivity (Wildman–Crippen MR) is 61.3 cm³/mol. The highest BCUT2D eigenvalue weighted by atomic mass is 19.3. The summed E-state index contributed by atoms with van der Waals surface area (Å²) in [6.45, 7) is 4.97. The molecule has 94 valence electrons. The van der Waals surface area contributed by atoms with Gasteiger partial charge in [0.15, 0.2) is 0 Å². The molecule has 4 heteroatoms. The standard InChI is InChI=1S/C13H16F2O2/c1-8-4-5-9(11(14)15)6-10(8)7-13(2,3)12(16)17/h4-6,11H,7H2,1-3H3,(H,16,17). The molecule has 1 N–H and O–H groups in total. The summed E-state index contributed by atoms with van der Waals surface area (Å²) in [6.07, 6.45) is -2.28. The van der Waals surface area contributed by atoms with E-state index in [9.17, 15) is 13.6 Å². The van der Waals surface area contributed by atoms with E-state index in [0.29, 0.717) is 5.56 Å². The summed E-state index contributed by atoms with van der Waals surface area (Å²) in [5, 5.41) is 9.02. The van der Waals surface area contributed by atoms with E-state index in [1.807, 2.05) is 0 Å². The van der Waals surface area contributed by atoms with Gasteiger partial charge in [-0.2, -0.15) is 0 Å². The molecule has 0 fully saturated rings. The molecular formula is C13H16F2O2. The Morgan fingerprint density at radius 3 is 2.47 bits per heavy atom. The van der Waals surface area contributed by atoms with Gasteiger partial charge in [0.25, 0.3) is 6.43 Å². The van der Waals surface area contributed by atoms with Crippen molar-refractivity contribution in [1.29, 1.82) is 0 Å². The van der Waals surface area contributed by atoms with Gasteiger partial charge in [-0.15, -0.1) is 0 Å². The van der Waals surface area contributed by atoms with Gasteiger partial charge in [-0.25, -0.2) is 8.78 Å². The Morgan fingerprint density at radius 2 is 2.00 bits per heavy atom. The third-order valence-corrected chi connectivity index (χ3v) is 2.84. The van der Waals surface area contributed by atoms with Gasteiger partial charge in [-0.3, -0.25) is 4.79 Å². The maximum Gasteiger partial charge on any atom is 0.309 e. The van der Waals surface area contributed by atoms with Crippen molar-refractivity contribution >= 4 is 5.97 Å². The lowest BCUT2D eigenvalue weighted by Gasteiger charge is -2.20. The van der Waals surface area contributed by atoms with Gasteiger partial charge in [-0.1, -0.05) is 12.1 Å². The van der Waals surface area contributed by atoms with Crippen molar-refractivity contribution < 1.29 is 18.7 Å². The molecule has 0 aromatic heterocycles. The molecule has 0 aliphatic heterocycles. The molecule has 0 aliphatic rings. The van der Waals surface area contributed by atoms with Crippen LogP contribution in [0.5, 0.6) is 0 Å². The predicted octanol–water partition coefficient (Wildman–Crippen LogP) is 3.59. The number of aliphatic carboxylic acids is 1. The van der Waals surface area contributed by atoms with Crippen LogP contribution in [0.1, 0.15) is 37.0 Å². The van der Waals surface area contributed by atoms with Crippen LogP contribution < -0.4 is 0 Å². The first-order valence-corrected chi connectivity index (χ1v) is 5.35. The Kier molecular flexibility index (Phi) is 3.86. The van der Waals surface area contributed by atoms with Crippen molar-refractivity contribution in [3.8, 4) is 0 Å². The number of benzene rings is 1. The lowest BCUT2D eigenvalue weighted by atomic mass is 9.84. The highest BCUT2D eigenvalue weighted by Gasteiger charge is 2.28. The zero-order chi connectivity index (χ0) is 13.2. The number of carbonyl (C=O) groups is 1. The monoisotopic (exact) mass is 242 g/mol. The molecular weight excluding hydrogens is 226 g/mol. The summed E-state index contributed by atoms with van der Waals surface area (Å²) in [7, 11) is 0. The number of halogens is 2. The first-order chi connectivity index (χ1) is 7.74. The molecule has 0 atom stereocenters. The van der Waals surface area contributed by atoms with Crippen molar-refractivity contribution in [2.75, 3.05) is 0 Å². The van der Waals surface area contributed by atoms with Gasteiger partial charge in [0.05, 0.1) is 5.41 Å². The lowest BCUT2D eigenvalue weighted by Crippen LogP contribution is -2.26. The van der Waals surface area contributed by atoms with E-state index in [0.717, 1.165) is 5.56 Å². The summed E-state index contributed by atoms with van der Waals surface area (Å²) in [6, 6.07) is 4.37. The smallest absolute Gasteiger partial charge is 0.309 e. The van der Waals surface area contributed by atoms with Crippen molar-refractivity contribution in [3.05, 3.63) is 34.9 Å². The SMILES string of the molecule is Cc1ccc(C(F)F)cc1CC(C)(C)C(=O)O. The normalized spacial score (nSPS) is 11.9. The fraction of sp³-hybridized carbons (Fsp3) is 0.462. The summed E-state index contributed by atoms with van der Waals surface area (Å²) in [5.41, 5.74) is 0.483. The molecule has 0 bridgehead atoms. The molecule has 0 saturated carbocycles. The van der Waals surface area contributed by atoms with Crippen LogP contribution in [0.15, 0.2) is 18.2 Å².